The number of benzene rings is 7. The minimum absolute atomic E-state index is 0.554. The van der Waals surface area contributed by atoms with Crippen molar-refractivity contribution in [2.75, 3.05) is 0 Å². The van der Waals surface area contributed by atoms with Crippen molar-refractivity contribution in [3.05, 3.63) is 180 Å². The average molecular weight is 636 g/mol. The molecule has 0 atom stereocenters. The van der Waals surface area contributed by atoms with E-state index in [2.05, 4.69) is 116 Å². The molecule has 0 amide bonds. The van der Waals surface area contributed by atoms with Crippen LogP contribution >= 0.6 is 0 Å². The van der Waals surface area contributed by atoms with Gasteiger partial charge in [0, 0.05) is 22.1 Å². The first-order valence-electron chi connectivity index (χ1n) is 16.2. The van der Waals surface area contributed by atoms with E-state index in [1.165, 1.54) is 10.8 Å². The van der Waals surface area contributed by atoms with Crippen molar-refractivity contribution in [1.82, 2.24) is 9.13 Å². The molecule has 0 saturated heterocycles. The maximum Gasteiger partial charge on any atom is 0.188 e. The predicted molar refractivity (Wildman–Crippen MR) is 203 cm³/mol. The topological polar surface area (TPSA) is 42.4 Å². The lowest BCUT2D eigenvalue weighted by atomic mass is 9.97. The van der Waals surface area contributed by atoms with Gasteiger partial charge in [-0.1, -0.05) is 72.8 Å². The molecule has 0 N–H and O–H groups in total. The number of fused-ring (bicyclic) bond motifs is 6. The van der Waals surface area contributed by atoms with Crippen LogP contribution in [0.5, 0.6) is 0 Å². The second-order valence-corrected chi connectivity index (χ2v) is 12.3. The third kappa shape index (κ3) is 4.53. The molecule has 0 fully saturated rings. The highest BCUT2D eigenvalue weighted by Crippen LogP contribution is 2.40. The smallest absolute Gasteiger partial charge is 0.188 e. The third-order valence-corrected chi connectivity index (χ3v) is 9.53. The quantitative estimate of drug-likeness (QED) is 0.177. The number of aromatic nitrogens is 2. The number of hydrogen-bond donors (Lipinski definition) is 0. The minimum Gasteiger partial charge on any atom is -0.309 e. The van der Waals surface area contributed by atoms with E-state index in [4.69, 9.17) is 13.1 Å². The van der Waals surface area contributed by atoms with Gasteiger partial charge in [0.2, 0.25) is 0 Å². The number of nitriles is 1. The monoisotopic (exact) mass is 635 g/mol. The van der Waals surface area contributed by atoms with Crippen LogP contribution in [0.3, 0.4) is 0 Å². The zero-order valence-corrected chi connectivity index (χ0v) is 26.7. The molecule has 0 aliphatic carbocycles. The molecular formula is C45H25N5. The van der Waals surface area contributed by atoms with Gasteiger partial charge in [-0.3, -0.25) is 0 Å². The van der Waals surface area contributed by atoms with Crippen molar-refractivity contribution < 1.29 is 0 Å². The van der Waals surface area contributed by atoms with Gasteiger partial charge in [0.15, 0.2) is 11.4 Å². The maximum absolute atomic E-state index is 9.48. The number of para-hydroxylation sites is 2. The highest BCUT2D eigenvalue weighted by atomic mass is 15.0. The first-order valence-corrected chi connectivity index (χ1v) is 16.2. The molecule has 0 aliphatic rings. The Hall–Kier alpha value is -7.39. The molecule has 0 saturated carbocycles. The Bertz CT molecular complexity index is 2830. The van der Waals surface area contributed by atoms with E-state index in [1.54, 1.807) is 0 Å². The summed E-state index contributed by atoms with van der Waals surface area (Å²) in [6.07, 6.45) is 0. The highest BCUT2D eigenvalue weighted by Gasteiger charge is 2.17. The van der Waals surface area contributed by atoms with Crippen LogP contribution in [0, 0.1) is 24.5 Å². The maximum atomic E-state index is 9.48. The fourth-order valence-electron chi connectivity index (χ4n) is 7.25. The number of rotatable bonds is 4. The summed E-state index contributed by atoms with van der Waals surface area (Å²) in [5, 5.41) is 13.8. The van der Waals surface area contributed by atoms with Gasteiger partial charge in [-0.25, -0.2) is 9.69 Å². The van der Waals surface area contributed by atoms with Gasteiger partial charge in [0.1, 0.15) is 0 Å². The normalized spacial score (nSPS) is 11.1. The molecule has 0 spiro atoms. The van der Waals surface area contributed by atoms with Crippen molar-refractivity contribution in [2.45, 2.75) is 0 Å². The van der Waals surface area contributed by atoms with Crippen molar-refractivity contribution in [3.63, 3.8) is 0 Å². The largest absolute Gasteiger partial charge is 0.309 e. The van der Waals surface area contributed by atoms with Crippen LogP contribution in [-0.2, 0) is 0 Å². The minimum atomic E-state index is 0.554. The summed E-state index contributed by atoms with van der Waals surface area (Å²) in [7, 11) is 0. The number of hydrogen-bond acceptors (Lipinski definition) is 1. The van der Waals surface area contributed by atoms with E-state index >= 15 is 0 Å². The standard InChI is InChI=1S/C45H25N5/c1-47-34-18-20-44-40(26-34)41-27-35(48-2)19-21-45(41)50(44)37-24-32(30-16-14-29(28-46)15-17-30)22-33(25-37)31-8-7-9-36(23-31)49-42-12-5-3-10-38(42)39-11-4-6-13-43(39)49/h3-27H. The van der Waals surface area contributed by atoms with Crippen LogP contribution in [0.25, 0.3) is 86.9 Å². The van der Waals surface area contributed by atoms with Crippen LogP contribution in [0.15, 0.2) is 152 Å². The van der Waals surface area contributed by atoms with Gasteiger partial charge in [-0.15, -0.1) is 0 Å². The predicted octanol–water partition coefficient (Wildman–Crippen LogP) is 12.2. The molecule has 5 nitrogen and oxygen atoms in total. The summed E-state index contributed by atoms with van der Waals surface area (Å²) >= 11 is 0. The molecule has 9 rings (SSSR count). The lowest BCUT2D eigenvalue weighted by Crippen LogP contribution is -1.97. The van der Waals surface area contributed by atoms with Gasteiger partial charge < -0.3 is 9.13 Å². The average Bonchev–Trinajstić information content (AvgIpc) is 3.70. The summed E-state index contributed by atoms with van der Waals surface area (Å²) in [5.41, 5.74) is 12.1. The summed E-state index contributed by atoms with van der Waals surface area (Å²) in [5.74, 6) is 0. The Morgan fingerprint density at radius 2 is 0.940 bits per heavy atom. The van der Waals surface area contributed by atoms with E-state index in [0.29, 0.717) is 16.9 Å². The fraction of sp³-hybridized carbons (Fsp3) is 0. The van der Waals surface area contributed by atoms with Crippen LogP contribution in [-0.4, -0.2) is 9.13 Å². The molecule has 2 heterocycles. The summed E-state index contributed by atoms with van der Waals surface area (Å²) in [6.45, 7) is 15.3. The Labute approximate surface area is 288 Å². The van der Waals surface area contributed by atoms with Crippen molar-refractivity contribution in [2.24, 2.45) is 0 Å². The van der Waals surface area contributed by atoms with E-state index < -0.39 is 0 Å². The molecule has 2 aromatic heterocycles. The van der Waals surface area contributed by atoms with E-state index in [1.807, 2.05) is 60.7 Å². The second kappa shape index (κ2) is 11.4. The van der Waals surface area contributed by atoms with Crippen LogP contribution < -0.4 is 0 Å². The summed E-state index contributed by atoms with van der Waals surface area (Å²) in [4.78, 5) is 7.39. The van der Waals surface area contributed by atoms with Crippen molar-refractivity contribution in [3.8, 4) is 39.7 Å². The number of nitrogens with zero attached hydrogens (tertiary/aromatic N) is 5. The summed E-state index contributed by atoms with van der Waals surface area (Å²) in [6, 6.07) is 53.7. The van der Waals surface area contributed by atoms with Gasteiger partial charge >= 0.3 is 0 Å². The first-order chi connectivity index (χ1) is 24.6. The summed E-state index contributed by atoms with van der Waals surface area (Å²) < 4.78 is 4.55. The third-order valence-electron chi connectivity index (χ3n) is 9.53. The fourth-order valence-corrected chi connectivity index (χ4v) is 7.25. The second-order valence-electron chi connectivity index (χ2n) is 12.3. The van der Waals surface area contributed by atoms with E-state index in [0.717, 1.165) is 66.5 Å². The molecule has 0 unspecified atom stereocenters. The molecule has 50 heavy (non-hydrogen) atoms. The van der Waals surface area contributed by atoms with E-state index in [9.17, 15) is 5.26 Å². The molecule has 5 heteroatoms. The lowest BCUT2D eigenvalue weighted by Gasteiger charge is -2.15. The van der Waals surface area contributed by atoms with Crippen LogP contribution in [0.4, 0.5) is 11.4 Å². The van der Waals surface area contributed by atoms with Gasteiger partial charge in [-0.05, 0) is 112 Å². The highest BCUT2D eigenvalue weighted by molar-refractivity contribution is 6.12. The molecular weight excluding hydrogens is 611 g/mol. The molecule has 0 aliphatic heterocycles. The zero-order valence-electron chi connectivity index (χ0n) is 26.7. The van der Waals surface area contributed by atoms with Gasteiger partial charge in [0.05, 0.1) is 46.8 Å². The van der Waals surface area contributed by atoms with Gasteiger partial charge in [0.25, 0.3) is 0 Å². The molecule has 9 aromatic rings. The molecule has 230 valence electrons. The SMILES string of the molecule is [C-]#[N+]c1ccc2c(c1)c1cc([N+]#[C-])ccc1n2-c1cc(-c2ccc(C#N)cc2)cc(-c2cccc(-n3c4ccccc4c4ccccc43)c2)c1. The van der Waals surface area contributed by atoms with Crippen molar-refractivity contribution in [1.29, 1.82) is 5.26 Å². The Morgan fingerprint density at radius 3 is 1.52 bits per heavy atom. The molecule has 0 bridgehead atoms. The Morgan fingerprint density at radius 1 is 0.420 bits per heavy atom. The Kier molecular flexibility index (Phi) is 6.56. The van der Waals surface area contributed by atoms with Crippen LogP contribution in [0.1, 0.15) is 5.56 Å². The lowest BCUT2D eigenvalue weighted by molar-refractivity contribution is 1.17. The molecule has 7 aromatic carbocycles. The Balaban J connectivity index is 1.31. The van der Waals surface area contributed by atoms with Crippen molar-refractivity contribution >= 4 is 55.0 Å². The van der Waals surface area contributed by atoms with Crippen LogP contribution in [0.2, 0.25) is 0 Å². The van der Waals surface area contributed by atoms with E-state index in [-0.39, 0.29) is 0 Å². The first kappa shape index (κ1) is 28.8. The van der Waals surface area contributed by atoms with Gasteiger partial charge in [-0.2, -0.15) is 5.26 Å². The zero-order chi connectivity index (χ0) is 33.8. The molecule has 0 radical (unpaired) electrons.